The van der Waals surface area contributed by atoms with Gasteiger partial charge in [-0.3, -0.25) is 9.59 Å². The molecule has 0 aliphatic carbocycles. The Hall–Kier alpha value is -3.32. The van der Waals surface area contributed by atoms with Gasteiger partial charge in [0.15, 0.2) is 0 Å². The fourth-order valence-corrected chi connectivity index (χ4v) is 4.09. The van der Waals surface area contributed by atoms with Gasteiger partial charge in [-0.05, 0) is 62.0 Å². The molecule has 1 heterocycles. The monoisotopic (exact) mass is 452 g/mol. The summed E-state index contributed by atoms with van der Waals surface area (Å²) in [5, 5.41) is 11.2. The van der Waals surface area contributed by atoms with Gasteiger partial charge in [0.25, 0.3) is 11.7 Å². The maximum atomic E-state index is 13.1. The van der Waals surface area contributed by atoms with Gasteiger partial charge in [-0.1, -0.05) is 26.0 Å². The first-order valence-corrected chi connectivity index (χ1v) is 11.3. The number of carbonyl (C=O) groups is 2. The second-order valence-electron chi connectivity index (χ2n) is 7.75. The predicted octanol–water partition coefficient (Wildman–Crippen LogP) is 3.86. The van der Waals surface area contributed by atoms with Crippen LogP contribution < -0.4 is 9.47 Å². The Morgan fingerprint density at radius 3 is 2.33 bits per heavy atom. The van der Waals surface area contributed by atoms with E-state index in [9.17, 15) is 14.7 Å². The molecule has 2 aromatic rings. The Morgan fingerprint density at radius 2 is 1.73 bits per heavy atom. The quantitative estimate of drug-likeness (QED) is 0.335. The van der Waals surface area contributed by atoms with Crippen LogP contribution in [0.25, 0.3) is 5.76 Å². The minimum Gasteiger partial charge on any atom is -0.507 e. The summed E-state index contributed by atoms with van der Waals surface area (Å²) in [4.78, 5) is 30.0. The van der Waals surface area contributed by atoms with Gasteiger partial charge >= 0.3 is 0 Å². The fourth-order valence-electron chi connectivity index (χ4n) is 4.09. The van der Waals surface area contributed by atoms with Crippen LogP contribution in [0.4, 0.5) is 0 Å². The summed E-state index contributed by atoms with van der Waals surface area (Å²) in [6.07, 6.45) is 0. The Kier molecular flexibility index (Phi) is 8.11. The summed E-state index contributed by atoms with van der Waals surface area (Å²) in [6.45, 7) is 9.22. The van der Waals surface area contributed by atoms with E-state index >= 15 is 0 Å². The summed E-state index contributed by atoms with van der Waals surface area (Å²) in [5.74, 6) is -0.216. The molecule has 0 spiro atoms. The molecule has 0 bridgehead atoms. The molecule has 1 atom stereocenters. The van der Waals surface area contributed by atoms with Gasteiger partial charge in [0.05, 0.1) is 25.3 Å². The number of hydrogen-bond donors (Lipinski definition) is 1. The Morgan fingerprint density at radius 1 is 1.03 bits per heavy atom. The van der Waals surface area contributed by atoms with Crippen LogP contribution in [-0.4, -0.2) is 66.5 Å². The van der Waals surface area contributed by atoms with Crippen LogP contribution in [-0.2, 0) is 9.59 Å². The van der Waals surface area contributed by atoms with Gasteiger partial charge < -0.3 is 24.4 Å². The zero-order valence-electron chi connectivity index (χ0n) is 19.7. The molecule has 33 heavy (non-hydrogen) atoms. The van der Waals surface area contributed by atoms with E-state index in [0.29, 0.717) is 42.3 Å². The number of methoxy groups -OCH3 is 1. The third kappa shape index (κ3) is 5.20. The first-order valence-electron chi connectivity index (χ1n) is 11.3. The average Bonchev–Trinajstić information content (AvgIpc) is 3.10. The second-order valence-corrected chi connectivity index (χ2v) is 7.75. The molecule has 1 fully saturated rings. The molecule has 0 radical (unpaired) electrons. The van der Waals surface area contributed by atoms with Gasteiger partial charge in [0.2, 0.25) is 0 Å². The maximum Gasteiger partial charge on any atom is 0.295 e. The number of likely N-dealkylation sites (N-methyl/N-ethyl adjacent to an activating group) is 1. The highest BCUT2D eigenvalue weighted by molar-refractivity contribution is 6.46. The van der Waals surface area contributed by atoms with Gasteiger partial charge in [0.1, 0.15) is 17.3 Å². The lowest BCUT2D eigenvalue weighted by molar-refractivity contribution is -0.140. The Balaban J connectivity index is 2.08. The van der Waals surface area contributed by atoms with Gasteiger partial charge in [-0.25, -0.2) is 0 Å². The summed E-state index contributed by atoms with van der Waals surface area (Å²) in [7, 11) is 1.57. The lowest BCUT2D eigenvalue weighted by Crippen LogP contribution is -2.38. The van der Waals surface area contributed by atoms with E-state index in [1.165, 1.54) is 0 Å². The smallest absolute Gasteiger partial charge is 0.295 e. The maximum absolute atomic E-state index is 13.1. The van der Waals surface area contributed by atoms with Crippen molar-refractivity contribution in [3.8, 4) is 11.5 Å². The van der Waals surface area contributed by atoms with Gasteiger partial charge in [0, 0.05) is 18.7 Å². The van der Waals surface area contributed by atoms with E-state index in [-0.39, 0.29) is 11.3 Å². The zero-order chi connectivity index (χ0) is 24.0. The standard InChI is InChI=1S/C26H32N2O5/c1-5-27(6-2)15-16-28-23(19-9-8-10-21(17-19)32-4)22(25(30)26(28)31)24(29)18-11-13-20(14-12-18)33-7-3/h8-14,17,23,29H,5-7,15-16H2,1-4H3/t23-/m0/s1. The third-order valence-electron chi connectivity index (χ3n) is 5.94. The number of Topliss-reactive ketones (excluding diaryl/α,β-unsaturated/α-hetero) is 1. The first-order chi connectivity index (χ1) is 15.9. The number of ketones is 1. The molecule has 2 aromatic carbocycles. The van der Waals surface area contributed by atoms with Crippen LogP contribution in [0.3, 0.4) is 0 Å². The van der Waals surface area contributed by atoms with E-state index in [1.807, 2.05) is 19.1 Å². The van der Waals surface area contributed by atoms with Crippen molar-refractivity contribution in [2.24, 2.45) is 0 Å². The number of benzene rings is 2. The van der Waals surface area contributed by atoms with E-state index in [1.54, 1.807) is 48.4 Å². The molecule has 0 unspecified atom stereocenters. The molecule has 3 rings (SSSR count). The SMILES string of the molecule is CCOc1ccc(C(O)=C2C(=O)C(=O)N(CCN(CC)CC)[C@H]2c2cccc(OC)c2)cc1. The number of aliphatic hydroxyl groups is 1. The summed E-state index contributed by atoms with van der Waals surface area (Å²) in [6, 6.07) is 13.4. The molecule has 1 N–H and O–H groups in total. The number of ether oxygens (including phenoxy) is 2. The van der Waals surface area contributed by atoms with E-state index < -0.39 is 17.7 Å². The number of rotatable bonds is 10. The normalized spacial score (nSPS) is 17.6. The van der Waals surface area contributed by atoms with Crippen molar-refractivity contribution >= 4 is 17.4 Å². The molecule has 1 aliphatic heterocycles. The van der Waals surface area contributed by atoms with Crippen molar-refractivity contribution in [3.05, 3.63) is 65.2 Å². The third-order valence-corrected chi connectivity index (χ3v) is 5.94. The molecule has 7 heteroatoms. The fraction of sp³-hybridized carbons (Fsp3) is 0.385. The first kappa shape index (κ1) is 24.3. The lowest BCUT2D eigenvalue weighted by atomic mass is 9.95. The number of nitrogens with zero attached hydrogens (tertiary/aromatic N) is 2. The van der Waals surface area contributed by atoms with Crippen molar-refractivity contribution in [1.82, 2.24) is 9.80 Å². The Labute approximate surface area is 195 Å². The number of aliphatic hydroxyl groups excluding tert-OH is 1. The summed E-state index contributed by atoms with van der Waals surface area (Å²) >= 11 is 0. The highest BCUT2D eigenvalue weighted by atomic mass is 16.5. The van der Waals surface area contributed by atoms with E-state index in [2.05, 4.69) is 18.7 Å². The minimum atomic E-state index is -0.706. The van der Waals surface area contributed by atoms with Crippen molar-refractivity contribution in [2.75, 3.05) is 39.9 Å². The van der Waals surface area contributed by atoms with Crippen LogP contribution in [0.1, 0.15) is 37.9 Å². The van der Waals surface area contributed by atoms with Gasteiger partial charge in [-0.2, -0.15) is 0 Å². The molecule has 0 aromatic heterocycles. The molecular weight excluding hydrogens is 420 g/mol. The lowest BCUT2D eigenvalue weighted by Gasteiger charge is -2.28. The van der Waals surface area contributed by atoms with Crippen molar-refractivity contribution in [3.63, 3.8) is 0 Å². The number of amides is 1. The highest BCUT2D eigenvalue weighted by Crippen LogP contribution is 2.40. The number of carbonyl (C=O) groups excluding carboxylic acids is 2. The highest BCUT2D eigenvalue weighted by Gasteiger charge is 2.46. The van der Waals surface area contributed by atoms with E-state index in [4.69, 9.17) is 9.47 Å². The molecule has 0 saturated carbocycles. The van der Waals surface area contributed by atoms with Crippen LogP contribution >= 0.6 is 0 Å². The topological polar surface area (TPSA) is 79.3 Å². The van der Waals surface area contributed by atoms with Crippen molar-refractivity contribution in [1.29, 1.82) is 0 Å². The van der Waals surface area contributed by atoms with Crippen molar-refractivity contribution < 1.29 is 24.2 Å². The largest absolute Gasteiger partial charge is 0.507 e. The number of hydrogen-bond acceptors (Lipinski definition) is 6. The molecule has 1 aliphatic rings. The average molecular weight is 453 g/mol. The molecule has 1 saturated heterocycles. The van der Waals surface area contributed by atoms with Crippen LogP contribution in [0.5, 0.6) is 11.5 Å². The molecule has 7 nitrogen and oxygen atoms in total. The Bertz CT molecular complexity index is 1010. The van der Waals surface area contributed by atoms with E-state index in [0.717, 1.165) is 13.1 Å². The summed E-state index contributed by atoms with van der Waals surface area (Å²) < 4.78 is 10.8. The molecule has 1 amide bonds. The number of likely N-dealkylation sites (tertiary alicyclic amines) is 1. The minimum absolute atomic E-state index is 0.0805. The molecular formula is C26H32N2O5. The predicted molar refractivity (Wildman–Crippen MR) is 127 cm³/mol. The second kappa shape index (κ2) is 11.0. The summed E-state index contributed by atoms with van der Waals surface area (Å²) in [5.41, 5.74) is 1.24. The van der Waals surface area contributed by atoms with Crippen LogP contribution in [0, 0.1) is 0 Å². The van der Waals surface area contributed by atoms with Crippen LogP contribution in [0.15, 0.2) is 54.1 Å². The van der Waals surface area contributed by atoms with Crippen molar-refractivity contribution in [2.45, 2.75) is 26.8 Å². The van der Waals surface area contributed by atoms with Gasteiger partial charge in [-0.15, -0.1) is 0 Å². The van der Waals surface area contributed by atoms with Crippen LogP contribution in [0.2, 0.25) is 0 Å². The molecule has 176 valence electrons. The zero-order valence-corrected chi connectivity index (χ0v) is 19.7.